The van der Waals surface area contributed by atoms with E-state index in [0.29, 0.717) is 12.5 Å². The zero-order chi connectivity index (χ0) is 7.94. The fourth-order valence-corrected chi connectivity index (χ4v) is 1.68. The van der Waals surface area contributed by atoms with Gasteiger partial charge < -0.3 is 4.74 Å². The van der Waals surface area contributed by atoms with Crippen molar-refractivity contribution in [2.45, 2.75) is 38.5 Å². The molecule has 1 fully saturated rings. The molecule has 11 heavy (non-hydrogen) atoms. The predicted octanol–water partition coefficient (Wildman–Crippen LogP) is 2.04. The van der Waals surface area contributed by atoms with Crippen molar-refractivity contribution in [1.29, 1.82) is 0 Å². The van der Waals surface area contributed by atoms with Crippen molar-refractivity contribution in [1.82, 2.24) is 0 Å². The quantitative estimate of drug-likeness (QED) is 0.583. The zero-order valence-corrected chi connectivity index (χ0v) is 6.84. The first-order valence-corrected chi connectivity index (χ1v) is 4.42. The third kappa shape index (κ3) is 3.40. The van der Waals surface area contributed by atoms with E-state index in [0.717, 1.165) is 0 Å². The molecule has 0 saturated heterocycles. The lowest BCUT2D eigenvalue weighted by Crippen LogP contribution is -2.07. The summed E-state index contributed by atoms with van der Waals surface area (Å²) in [6.07, 6.45) is 7.74. The lowest BCUT2D eigenvalue weighted by Gasteiger charge is -2.10. The number of hydrogen-bond acceptors (Lipinski definition) is 2. The van der Waals surface area contributed by atoms with Gasteiger partial charge in [0.05, 0.1) is 6.61 Å². The molecule has 0 aromatic rings. The standard InChI is InChI=1S/C9H15O2/c10-8-11-7-9-5-3-1-2-4-6-9/h9H,1-7H2. The van der Waals surface area contributed by atoms with Gasteiger partial charge in [0.25, 0.3) is 0 Å². The van der Waals surface area contributed by atoms with E-state index >= 15 is 0 Å². The van der Waals surface area contributed by atoms with Crippen molar-refractivity contribution in [3.8, 4) is 0 Å². The fourth-order valence-electron chi connectivity index (χ4n) is 1.68. The molecule has 2 heteroatoms. The Bertz CT molecular complexity index is 104. The number of hydrogen-bond donors (Lipinski definition) is 0. The second kappa shape index (κ2) is 5.16. The van der Waals surface area contributed by atoms with E-state index in [1.54, 1.807) is 0 Å². The lowest BCUT2D eigenvalue weighted by atomic mass is 10.0. The molecule has 0 aromatic heterocycles. The van der Waals surface area contributed by atoms with Crippen LogP contribution >= 0.6 is 0 Å². The normalized spacial score (nSPS) is 20.7. The molecule has 0 spiro atoms. The third-order valence-electron chi connectivity index (χ3n) is 2.35. The highest BCUT2D eigenvalue weighted by atomic mass is 16.5. The molecule has 1 aliphatic rings. The van der Waals surface area contributed by atoms with Gasteiger partial charge in [-0.15, -0.1) is 0 Å². The SMILES string of the molecule is O=[C]OCC1CCCCCC1. The maximum Gasteiger partial charge on any atom is 0.417 e. The summed E-state index contributed by atoms with van der Waals surface area (Å²) in [5.74, 6) is 0.610. The molecule has 0 unspecified atom stereocenters. The molecular weight excluding hydrogens is 140 g/mol. The second-order valence-electron chi connectivity index (χ2n) is 3.25. The van der Waals surface area contributed by atoms with Crippen molar-refractivity contribution in [3.05, 3.63) is 0 Å². The minimum absolute atomic E-state index is 0.587. The molecule has 0 atom stereocenters. The highest BCUT2D eigenvalue weighted by Gasteiger charge is 2.11. The molecule has 2 nitrogen and oxygen atoms in total. The van der Waals surface area contributed by atoms with E-state index in [2.05, 4.69) is 4.74 Å². The Morgan fingerprint density at radius 3 is 2.36 bits per heavy atom. The predicted molar refractivity (Wildman–Crippen MR) is 42.8 cm³/mol. The van der Waals surface area contributed by atoms with Gasteiger partial charge in [-0.3, -0.25) is 0 Å². The molecule has 1 aliphatic carbocycles. The summed E-state index contributed by atoms with van der Waals surface area (Å²) < 4.78 is 4.62. The molecule has 1 radical (unpaired) electrons. The topological polar surface area (TPSA) is 26.3 Å². The van der Waals surface area contributed by atoms with Crippen molar-refractivity contribution < 1.29 is 9.53 Å². The van der Waals surface area contributed by atoms with E-state index in [-0.39, 0.29) is 0 Å². The summed E-state index contributed by atoms with van der Waals surface area (Å²) in [5.41, 5.74) is 0. The molecule has 1 rings (SSSR count). The molecule has 0 amide bonds. The van der Waals surface area contributed by atoms with Crippen LogP contribution in [0.4, 0.5) is 0 Å². The van der Waals surface area contributed by atoms with Crippen molar-refractivity contribution in [3.63, 3.8) is 0 Å². The van der Waals surface area contributed by atoms with Crippen molar-refractivity contribution in [2.75, 3.05) is 6.61 Å². The van der Waals surface area contributed by atoms with Crippen molar-refractivity contribution >= 4 is 6.47 Å². The highest BCUT2D eigenvalue weighted by Crippen LogP contribution is 2.22. The van der Waals surface area contributed by atoms with Gasteiger partial charge in [0.2, 0.25) is 0 Å². The monoisotopic (exact) mass is 155 g/mol. The average molecular weight is 155 g/mol. The molecule has 0 aliphatic heterocycles. The minimum atomic E-state index is 0.587. The van der Waals surface area contributed by atoms with Gasteiger partial charge in [0.15, 0.2) is 0 Å². The van der Waals surface area contributed by atoms with Gasteiger partial charge >= 0.3 is 6.47 Å². The first-order valence-electron chi connectivity index (χ1n) is 4.42. The molecule has 63 valence electrons. The molecule has 0 heterocycles. The fraction of sp³-hybridized carbons (Fsp3) is 0.889. The maximum absolute atomic E-state index is 9.79. The summed E-state index contributed by atoms with van der Waals surface area (Å²) in [5, 5.41) is 0. The van der Waals surface area contributed by atoms with Crippen LogP contribution in [-0.4, -0.2) is 13.1 Å². The summed E-state index contributed by atoms with van der Waals surface area (Å²) >= 11 is 0. The summed E-state index contributed by atoms with van der Waals surface area (Å²) in [4.78, 5) is 9.79. The second-order valence-corrected chi connectivity index (χ2v) is 3.25. The molecule has 0 aromatic carbocycles. The molecule has 0 N–H and O–H groups in total. The molecule has 0 bridgehead atoms. The Morgan fingerprint density at radius 1 is 1.18 bits per heavy atom. The van der Waals surface area contributed by atoms with Gasteiger partial charge in [0, 0.05) is 0 Å². The van der Waals surface area contributed by atoms with Crippen LogP contribution in [0.15, 0.2) is 0 Å². The van der Waals surface area contributed by atoms with Gasteiger partial charge in [-0.2, -0.15) is 0 Å². The van der Waals surface area contributed by atoms with Gasteiger partial charge in [-0.1, -0.05) is 25.7 Å². The van der Waals surface area contributed by atoms with Crippen molar-refractivity contribution in [2.24, 2.45) is 5.92 Å². The van der Waals surface area contributed by atoms with Crippen LogP contribution in [0.3, 0.4) is 0 Å². The van der Waals surface area contributed by atoms with Gasteiger partial charge in [-0.25, -0.2) is 4.79 Å². The van der Waals surface area contributed by atoms with Crippen LogP contribution in [0.5, 0.6) is 0 Å². The summed E-state index contributed by atoms with van der Waals surface area (Å²) in [6, 6.07) is 0. The van der Waals surface area contributed by atoms with Gasteiger partial charge in [-0.05, 0) is 18.8 Å². The number of ether oxygens (including phenoxy) is 1. The minimum Gasteiger partial charge on any atom is -0.457 e. The summed E-state index contributed by atoms with van der Waals surface area (Å²) in [7, 11) is 0. The van der Waals surface area contributed by atoms with Crippen LogP contribution in [0.25, 0.3) is 0 Å². The Labute approximate surface area is 67.9 Å². The Morgan fingerprint density at radius 2 is 1.82 bits per heavy atom. The van der Waals surface area contributed by atoms with Crippen LogP contribution in [0, 0.1) is 5.92 Å². The average Bonchev–Trinajstić information content (AvgIpc) is 2.28. The zero-order valence-electron chi connectivity index (χ0n) is 6.84. The third-order valence-corrected chi connectivity index (χ3v) is 2.35. The van der Waals surface area contributed by atoms with Crippen LogP contribution in [0.1, 0.15) is 38.5 Å². The Kier molecular flexibility index (Phi) is 4.02. The highest BCUT2D eigenvalue weighted by molar-refractivity contribution is 5.38. The van der Waals surface area contributed by atoms with E-state index in [9.17, 15) is 4.79 Å². The first-order chi connectivity index (χ1) is 5.43. The molecular formula is C9H15O2. The van der Waals surface area contributed by atoms with Crippen LogP contribution < -0.4 is 0 Å². The van der Waals surface area contributed by atoms with E-state index < -0.39 is 0 Å². The maximum atomic E-state index is 9.79. The van der Waals surface area contributed by atoms with E-state index in [4.69, 9.17) is 0 Å². The number of carbonyl (C=O) groups excluding carboxylic acids is 1. The largest absolute Gasteiger partial charge is 0.457 e. The van der Waals surface area contributed by atoms with Gasteiger partial charge in [0.1, 0.15) is 0 Å². The lowest BCUT2D eigenvalue weighted by molar-refractivity contribution is 0.210. The number of rotatable bonds is 3. The summed E-state index contributed by atoms with van der Waals surface area (Å²) in [6.45, 7) is 2.07. The van der Waals surface area contributed by atoms with E-state index in [1.807, 2.05) is 0 Å². The smallest absolute Gasteiger partial charge is 0.417 e. The molecule has 1 saturated carbocycles. The Balaban J connectivity index is 2.14. The van der Waals surface area contributed by atoms with Crippen LogP contribution in [0.2, 0.25) is 0 Å². The van der Waals surface area contributed by atoms with E-state index in [1.165, 1.54) is 45.0 Å². The van der Waals surface area contributed by atoms with Crippen LogP contribution in [-0.2, 0) is 9.53 Å². The Hall–Kier alpha value is -0.530. The first kappa shape index (κ1) is 8.57.